The lowest BCUT2D eigenvalue weighted by Gasteiger charge is -2.21. The van der Waals surface area contributed by atoms with Gasteiger partial charge in [-0.3, -0.25) is 0 Å². The molecule has 1 aliphatic rings. The van der Waals surface area contributed by atoms with Crippen molar-refractivity contribution in [2.24, 2.45) is 11.1 Å². The summed E-state index contributed by atoms with van der Waals surface area (Å²) in [4.78, 5) is 0. The summed E-state index contributed by atoms with van der Waals surface area (Å²) < 4.78 is 25.7. The Labute approximate surface area is 72.8 Å². The van der Waals surface area contributed by atoms with Crippen LogP contribution in [0.2, 0.25) is 0 Å². The molecule has 0 saturated carbocycles. The van der Waals surface area contributed by atoms with Crippen molar-refractivity contribution in [3.8, 4) is 0 Å². The number of alkyl halides is 2. The summed E-state index contributed by atoms with van der Waals surface area (Å²) in [7, 11) is 0. The van der Waals surface area contributed by atoms with Gasteiger partial charge in [0.1, 0.15) is 5.83 Å². The van der Waals surface area contributed by atoms with Crippen LogP contribution in [0, 0.1) is 5.92 Å². The van der Waals surface area contributed by atoms with Crippen molar-refractivity contribution in [2.45, 2.75) is 5.13 Å². The molecule has 0 fully saturated rings. The molecule has 0 radical (unpaired) electrons. The second kappa shape index (κ2) is 3.23. The van der Waals surface area contributed by atoms with Crippen molar-refractivity contribution >= 4 is 17.8 Å². The van der Waals surface area contributed by atoms with Gasteiger partial charge in [-0.1, -0.05) is 11.6 Å². The minimum absolute atomic E-state index is 0.603. The number of hydrogen-bond donors (Lipinski definition) is 1. The number of allylic oxidation sites excluding steroid dienone is 4. The van der Waals surface area contributed by atoms with Crippen LogP contribution in [0.25, 0.3) is 0 Å². The minimum atomic E-state index is -2.21. The van der Waals surface area contributed by atoms with Crippen LogP contribution < -0.4 is 0 Å². The SMILES string of the molecule is O/N=C\[C@H]1C=C(F)C=C[C@]1(F)Cl. The second-order valence-corrected chi connectivity index (χ2v) is 2.93. The zero-order valence-electron chi connectivity index (χ0n) is 5.92. The fraction of sp³-hybridized carbons (Fsp3) is 0.286. The first-order chi connectivity index (χ1) is 5.56. The van der Waals surface area contributed by atoms with Crippen molar-refractivity contribution < 1.29 is 14.0 Å². The van der Waals surface area contributed by atoms with Gasteiger partial charge in [-0.2, -0.15) is 0 Å². The molecule has 5 heteroatoms. The molecule has 0 heterocycles. The molecule has 0 aliphatic heterocycles. The van der Waals surface area contributed by atoms with E-state index in [0.717, 1.165) is 24.4 Å². The fourth-order valence-corrected chi connectivity index (χ4v) is 1.04. The maximum absolute atomic E-state index is 13.2. The van der Waals surface area contributed by atoms with E-state index in [0.29, 0.717) is 0 Å². The molecule has 12 heavy (non-hydrogen) atoms. The molecule has 0 aromatic carbocycles. The standard InChI is InChI=1S/C7H6ClF2NO/c8-7(10)2-1-6(9)3-5(7)4-11-12/h1-5,12H/b11-4-/t5-,7-/m1/s1. The Morgan fingerprint density at radius 2 is 2.42 bits per heavy atom. The van der Waals surface area contributed by atoms with Gasteiger partial charge < -0.3 is 5.21 Å². The van der Waals surface area contributed by atoms with Gasteiger partial charge in [0.25, 0.3) is 0 Å². The zero-order valence-corrected chi connectivity index (χ0v) is 6.67. The topological polar surface area (TPSA) is 32.6 Å². The second-order valence-electron chi connectivity index (χ2n) is 2.35. The van der Waals surface area contributed by atoms with Crippen LogP contribution in [0.4, 0.5) is 8.78 Å². The van der Waals surface area contributed by atoms with Crippen LogP contribution in [-0.4, -0.2) is 16.5 Å². The molecule has 0 unspecified atom stereocenters. The van der Waals surface area contributed by atoms with E-state index in [-0.39, 0.29) is 0 Å². The van der Waals surface area contributed by atoms with Gasteiger partial charge in [0.15, 0.2) is 0 Å². The molecule has 0 bridgehead atoms. The highest BCUT2D eigenvalue weighted by Gasteiger charge is 2.34. The summed E-state index contributed by atoms with van der Waals surface area (Å²) in [6.45, 7) is 0. The molecule has 0 spiro atoms. The van der Waals surface area contributed by atoms with E-state index in [4.69, 9.17) is 16.8 Å². The first-order valence-corrected chi connectivity index (χ1v) is 3.56. The van der Waals surface area contributed by atoms with E-state index in [9.17, 15) is 8.78 Å². The highest BCUT2D eigenvalue weighted by atomic mass is 35.5. The number of nitrogens with zero attached hydrogens (tertiary/aromatic N) is 1. The predicted octanol–water partition coefficient (Wildman–Crippen LogP) is 2.39. The Balaban J connectivity index is 2.90. The largest absolute Gasteiger partial charge is 0.411 e. The molecule has 1 aliphatic carbocycles. The molecule has 0 aromatic rings. The Kier molecular flexibility index (Phi) is 2.47. The number of oxime groups is 1. The molecular weight excluding hydrogens is 188 g/mol. The zero-order chi connectivity index (χ0) is 9.19. The van der Waals surface area contributed by atoms with Crippen LogP contribution in [0.5, 0.6) is 0 Å². The number of hydrogen-bond acceptors (Lipinski definition) is 2. The highest BCUT2D eigenvalue weighted by molar-refractivity contribution is 6.25. The third kappa shape index (κ3) is 1.82. The maximum Gasteiger partial charge on any atom is 0.213 e. The van der Waals surface area contributed by atoms with Gasteiger partial charge in [-0.05, 0) is 18.2 Å². The summed E-state index contributed by atoms with van der Waals surface area (Å²) in [5, 5.41) is 8.49. The molecule has 66 valence electrons. The lowest BCUT2D eigenvalue weighted by molar-refractivity contribution is 0.291. The van der Waals surface area contributed by atoms with Gasteiger partial charge in [0, 0.05) is 0 Å². The van der Waals surface area contributed by atoms with E-state index in [1.165, 1.54) is 0 Å². The molecular formula is C7H6ClF2NO. The van der Waals surface area contributed by atoms with Crippen LogP contribution in [-0.2, 0) is 0 Å². The van der Waals surface area contributed by atoms with E-state index in [2.05, 4.69) is 5.16 Å². The average Bonchev–Trinajstić information content (AvgIpc) is 1.98. The molecule has 1 N–H and O–H groups in total. The van der Waals surface area contributed by atoms with Crippen LogP contribution in [0.3, 0.4) is 0 Å². The summed E-state index contributed by atoms with van der Waals surface area (Å²) >= 11 is 5.32. The summed E-state index contributed by atoms with van der Waals surface area (Å²) in [6.07, 6.45) is 3.56. The summed E-state index contributed by atoms with van der Waals surface area (Å²) in [5.41, 5.74) is 0. The summed E-state index contributed by atoms with van der Waals surface area (Å²) in [5.74, 6) is -1.68. The molecule has 1 rings (SSSR count). The van der Waals surface area contributed by atoms with Crippen LogP contribution >= 0.6 is 11.6 Å². The monoisotopic (exact) mass is 193 g/mol. The first-order valence-electron chi connectivity index (χ1n) is 3.18. The van der Waals surface area contributed by atoms with Crippen molar-refractivity contribution in [1.82, 2.24) is 0 Å². The quantitative estimate of drug-likeness (QED) is 0.295. The lowest BCUT2D eigenvalue weighted by Crippen LogP contribution is -2.26. The first kappa shape index (κ1) is 9.19. The molecule has 2 nitrogen and oxygen atoms in total. The Bertz CT molecular complexity index is 260. The minimum Gasteiger partial charge on any atom is -0.411 e. The highest BCUT2D eigenvalue weighted by Crippen LogP contribution is 2.33. The molecule has 2 atom stereocenters. The Hall–Kier alpha value is -0.900. The van der Waals surface area contributed by atoms with E-state index < -0.39 is 16.9 Å². The smallest absolute Gasteiger partial charge is 0.213 e. The average molecular weight is 194 g/mol. The van der Waals surface area contributed by atoms with Gasteiger partial charge in [-0.25, -0.2) is 8.78 Å². The summed E-state index contributed by atoms with van der Waals surface area (Å²) in [6, 6.07) is 0. The third-order valence-corrected chi connectivity index (χ3v) is 1.85. The predicted molar refractivity (Wildman–Crippen MR) is 41.8 cm³/mol. The third-order valence-electron chi connectivity index (χ3n) is 1.48. The lowest BCUT2D eigenvalue weighted by atomic mass is 9.99. The van der Waals surface area contributed by atoms with Gasteiger partial charge in [0.05, 0.1) is 12.1 Å². The van der Waals surface area contributed by atoms with Crippen LogP contribution in [0.15, 0.2) is 29.2 Å². The Morgan fingerprint density at radius 3 is 3.00 bits per heavy atom. The van der Waals surface area contributed by atoms with Crippen molar-refractivity contribution in [3.63, 3.8) is 0 Å². The van der Waals surface area contributed by atoms with Gasteiger partial charge >= 0.3 is 0 Å². The maximum atomic E-state index is 13.2. The molecule has 0 saturated heterocycles. The molecule has 0 amide bonds. The van der Waals surface area contributed by atoms with E-state index in [1.54, 1.807) is 0 Å². The normalized spacial score (nSPS) is 35.6. The van der Waals surface area contributed by atoms with Crippen LogP contribution in [0.1, 0.15) is 0 Å². The molecule has 0 aromatic heterocycles. The number of rotatable bonds is 1. The van der Waals surface area contributed by atoms with Crippen molar-refractivity contribution in [3.05, 3.63) is 24.1 Å². The van der Waals surface area contributed by atoms with E-state index >= 15 is 0 Å². The van der Waals surface area contributed by atoms with Gasteiger partial charge in [-0.15, -0.1) is 5.16 Å². The fourth-order valence-electron chi connectivity index (χ4n) is 0.854. The van der Waals surface area contributed by atoms with Gasteiger partial charge in [0.2, 0.25) is 5.13 Å². The Morgan fingerprint density at radius 1 is 1.75 bits per heavy atom. The van der Waals surface area contributed by atoms with Crippen molar-refractivity contribution in [1.29, 1.82) is 0 Å². The number of halogens is 3. The van der Waals surface area contributed by atoms with E-state index in [1.807, 2.05) is 0 Å². The van der Waals surface area contributed by atoms with Crippen molar-refractivity contribution in [2.75, 3.05) is 0 Å².